The van der Waals surface area contributed by atoms with E-state index in [0.717, 1.165) is 52.2 Å². The lowest BCUT2D eigenvalue weighted by Gasteiger charge is -2.64. The maximum absolute atomic E-state index is 13.2. The molecule has 5 saturated carbocycles. The van der Waals surface area contributed by atoms with E-state index in [4.69, 9.17) is 28.4 Å². The van der Waals surface area contributed by atoms with Gasteiger partial charge in [0.15, 0.2) is 12.4 Å². The number of fused-ring (bicyclic) bond motifs is 4. The number of carbonyl (C=O) groups is 1. The lowest BCUT2D eigenvalue weighted by atomic mass is 9.41. The number of morpholine rings is 1. The first-order valence-corrected chi connectivity index (χ1v) is 21.0. The van der Waals surface area contributed by atoms with Gasteiger partial charge in [-0.25, -0.2) is 0 Å². The van der Waals surface area contributed by atoms with E-state index in [-0.39, 0.29) is 63.9 Å². The van der Waals surface area contributed by atoms with Gasteiger partial charge in [0.2, 0.25) is 0 Å². The van der Waals surface area contributed by atoms with Crippen LogP contribution in [0, 0.1) is 56.7 Å². The Morgan fingerprint density at radius 3 is 2.38 bits per heavy atom. The van der Waals surface area contributed by atoms with Crippen molar-refractivity contribution in [2.75, 3.05) is 46.1 Å². The van der Waals surface area contributed by atoms with E-state index in [9.17, 15) is 15.0 Å². The Morgan fingerprint density at radius 1 is 0.942 bits per heavy atom. The number of esters is 1. The van der Waals surface area contributed by atoms with Gasteiger partial charge in [-0.1, -0.05) is 34.6 Å². The molecule has 52 heavy (non-hydrogen) atoms. The summed E-state index contributed by atoms with van der Waals surface area (Å²) in [5.74, 6) is 0.860. The van der Waals surface area contributed by atoms with Gasteiger partial charge >= 0.3 is 5.97 Å². The molecule has 0 aromatic rings. The minimum absolute atomic E-state index is 0.0425. The Balaban J connectivity index is 0.938. The highest BCUT2D eigenvalue weighted by atomic mass is 16.7. The molecule has 4 saturated heterocycles. The zero-order valence-corrected chi connectivity index (χ0v) is 32.9. The molecule has 0 amide bonds. The van der Waals surface area contributed by atoms with Crippen LogP contribution in [-0.2, 0) is 33.2 Å². The molecule has 0 aromatic heterocycles. The normalized spacial score (nSPS) is 51.9. The third-order valence-corrected chi connectivity index (χ3v) is 17.8. The fourth-order valence-corrected chi connectivity index (χ4v) is 15.0. The number of nitrogens with zero attached hydrogens (tertiary/aromatic N) is 1. The van der Waals surface area contributed by atoms with Crippen LogP contribution < -0.4 is 0 Å². The van der Waals surface area contributed by atoms with Crippen LogP contribution in [0.5, 0.6) is 0 Å². The van der Waals surface area contributed by atoms with Crippen LogP contribution in [0.1, 0.15) is 106 Å². The average Bonchev–Trinajstić information content (AvgIpc) is 3.31. The largest absolute Gasteiger partial charge is 0.456 e. The second-order valence-electron chi connectivity index (χ2n) is 20.7. The minimum Gasteiger partial charge on any atom is -0.456 e. The number of rotatable bonds is 7. The van der Waals surface area contributed by atoms with Crippen molar-refractivity contribution in [3.05, 3.63) is 0 Å². The van der Waals surface area contributed by atoms with Gasteiger partial charge in [0.25, 0.3) is 0 Å². The van der Waals surface area contributed by atoms with E-state index in [1.54, 1.807) is 13.8 Å². The molecular formula is C42H67NO9. The third-order valence-electron chi connectivity index (χ3n) is 17.8. The third kappa shape index (κ3) is 5.05. The number of aliphatic hydroxyl groups is 2. The first kappa shape index (κ1) is 36.8. The van der Waals surface area contributed by atoms with Crippen molar-refractivity contribution in [3.63, 3.8) is 0 Å². The summed E-state index contributed by atoms with van der Waals surface area (Å²) in [5.41, 5.74) is -1.05. The molecule has 9 fully saturated rings. The molecule has 0 aromatic carbocycles. The van der Waals surface area contributed by atoms with E-state index < -0.39 is 23.9 Å². The average molecular weight is 730 g/mol. The smallest absolute Gasteiger partial charge is 0.311 e. The Hall–Kier alpha value is -0.850. The van der Waals surface area contributed by atoms with E-state index in [1.165, 1.54) is 25.7 Å². The van der Waals surface area contributed by atoms with Gasteiger partial charge in [0.05, 0.1) is 74.9 Å². The van der Waals surface area contributed by atoms with Crippen molar-refractivity contribution >= 4 is 5.97 Å². The molecule has 2 spiro atoms. The number of ether oxygens (including phenoxy) is 6. The maximum Gasteiger partial charge on any atom is 0.311 e. The molecule has 294 valence electrons. The van der Waals surface area contributed by atoms with Gasteiger partial charge < -0.3 is 38.6 Å². The molecule has 9 aliphatic rings. The summed E-state index contributed by atoms with van der Waals surface area (Å²) < 4.78 is 37.2. The standard InChI is InChI=1S/C42H67NO9/c1-24-18-27(35(38(4,5)46)52-36(45)25-11-16-47-20-25)50-33-32(24)39(6)13-14-42-23-41(42)12-10-30(51-31-19-43(15-17-49-31)26-21-48-22-26)37(2,3)28(41)8-9-29(42)40(39,7)34(33)44/h24-35,44,46H,8-23H2,1-7H3. The molecule has 0 bridgehead atoms. The summed E-state index contributed by atoms with van der Waals surface area (Å²) in [6.07, 6.45) is 7.23. The van der Waals surface area contributed by atoms with Gasteiger partial charge in [-0.05, 0) is 117 Å². The van der Waals surface area contributed by atoms with Crippen molar-refractivity contribution < 1.29 is 43.4 Å². The first-order chi connectivity index (χ1) is 24.6. The summed E-state index contributed by atoms with van der Waals surface area (Å²) in [6, 6.07) is 0.504. The van der Waals surface area contributed by atoms with E-state index in [2.05, 4.69) is 39.5 Å². The van der Waals surface area contributed by atoms with Gasteiger partial charge in [-0.2, -0.15) is 0 Å². The predicted octanol–water partition coefficient (Wildman–Crippen LogP) is 4.96. The van der Waals surface area contributed by atoms with Crippen LogP contribution in [0.2, 0.25) is 0 Å². The molecule has 15 atom stereocenters. The van der Waals surface area contributed by atoms with Crippen molar-refractivity contribution in [2.24, 2.45) is 56.7 Å². The lowest BCUT2D eigenvalue weighted by Crippen LogP contribution is -2.60. The fraction of sp³-hybridized carbons (Fsp3) is 0.976. The SMILES string of the molecule is CC1CC(C(OC(=O)C2CCOC2)C(C)(C)O)OC2C1C1(C)CCC34CC35CCC(OC3CN(C6COC6)CCO3)C(C)(C)C5CCC4C1(C)C2O. The lowest BCUT2D eigenvalue weighted by molar-refractivity contribution is -0.256. The van der Waals surface area contributed by atoms with Gasteiger partial charge in [0, 0.05) is 18.6 Å². The zero-order chi connectivity index (χ0) is 36.6. The summed E-state index contributed by atoms with van der Waals surface area (Å²) in [4.78, 5) is 15.7. The predicted molar refractivity (Wildman–Crippen MR) is 192 cm³/mol. The van der Waals surface area contributed by atoms with Crippen molar-refractivity contribution in [3.8, 4) is 0 Å². The monoisotopic (exact) mass is 729 g/mol. The van der Waals surface area contributed by atoms with Crippen LogP contribution in [0.15, 0.2) is 0 Å². The second kappa shape index (κ2) is 12.3. The summed E-state index contributed by atoms with van der Waals surface area (Å²) in [5, 5.41) is 24.1. The van der Waals surface area contributed by atoms with Crippen molar-refractivity contribution in [1.82, 2.24) is 4.90 Å². The van der Waals surface area contributed by atoms with Crippen LogP contribution in [0.3, 0.4) is 0 Å². The molecule has 4 heterocycles. The van der Waals surface area contributed by atoms with Crippen LogP contribution in [-0.4, -0.2) is 116 Å². The quantitative estimate of drug-likeness (QED) is 0.349. The number of carbonyl (C=O) groups excluding carboxylic acids is 1. The highest BCUT2D eigenvalue weighted by molar-refractivity contribution is 5.73. The Morgan fingerprint density at radius 2 is 1.69 bits per heavy atom. The van der Waals surface area contributed by atoms with E-state index in [0.29, 0.717) is 49.3 Å². The molecule has 2 N–H and O–H groups in total. The number of aliphatic hydroxyl groups excluding tert-OH is 1. The molecule has 0 radical (unpaired) electrons. The second-order valence-corrected chi connectivity index (χ2v) is 20.7. The summed E-state index contributed by atoms with van der Waals surface area (Å²) in [7, 11) is 0. The topological polar surface area (TPSA) is 116 Å². The van der Waals surface area contributed by atoms with E-state index >= 15 is 0 Å². The Kier molecular flexibility index (Phi) is 8.71. The molecular weight excluding hydrogens is 662 g/mol. The van der Waals surface area contributed by atoms with Crippen LogP contribution in [0.25, 0.3) is 0 Å². The van der Waals surface area contributed by atoms with Gasteiger partial charge in [-0.15, -0.1) is 0 Å². The summed E-state index contributed by atoms with van der Waals surface area (Å²) >= 11 is 0. The zero-order valence-electron chi connectivity index (χ0n) is 32.9. The fourth-order valence-electron chi connectivity index (χ4n) is 15.0. The van der Waals surface area contributed by atoms with Crippen molar-refractivity contribution in [2.45, 2.75) is 155 Å². The van der Waals surface area contributed by atoms with E-state index in [1.807, 2.05) is 0 Å². The number of hydrogen-bond acceptors (Lipinski definition) is 10. The Labute approximate surface area is 311 Å². The molecule has 9 rings (SSSR count). The molecule has 10 nitrogen and oxygen atoms in total. The summed E-state index contributed by atoms with van der Waals surface area (Å²) in [6.45, 7) is 20.6. The van der Waals surface area contributed by atoms with Crippen molar-refractivity contribution in [1.29, 1.82) is 0 Å². The molecule has 10 heteroatoms. The van der Waals surface area contributed by atoms with Crippen LogP contribution >= 0.6 is 0 Å². The highest BCUT2D eigenvalue weighted by Gasteiger charge is 2.84. The highest BCUT2D eigenvalue weighted by Crippen LogP contribution is 2.89. The first-order valence-electron chi connectivity index (χ1n) is 21.0. The maximum atomic E-state index is 13.2. The molecule has 5 aliphatic carbocycles. The molecule has 4 aliphatic heterocycles. The van der Waals surface area contributed by atoms with Gasteiger partial charge in [-0.3, -0.25) is 9.69 Å². The minimum atomic E-state index is -1.29. The Bertz CT molecular complexity index is 1390. The van der Waals surface area contributed by atoms with Gasteiger partial charge in [0.1, 0.15) is 0 Å². The number of hydrogen-bond donors (Lipinski definition) is 2. The van der Waals surface area contributed by atoms with Crippen LogP contribution in [0.4, 0.5) is 0 Å². The molecule has 15 unspecified atom stereocenters.